The zero-order chi connectivity index (χ0) is 33.0. The number of benzene rings is 4. The number of hydrogen-bond donors (Lipinski definition) is 4. The van der Waals surface area contributed by atoms with Crippen LogP contribution in [0.15, 0.2) is 72.8 Å². The summed E-state index contributed by atoms with van der Waals surface area (Å²) in [6, 6.07) is 25.4. The zero-order valence-electron chi connectivity index (χ0n) is 27.5. The lowest BCUT2D eigenvalue weighted by Gasteiger charge is -2.13. The van der Waals surface area contributed by atoms with Crippen molar-refractivity contribution in [1.82, 2.24) is 4.57 Å². The van der Waals surface area contributed by atoms with Crippen LogP contribution in [0.25, 0.3) is 44.1 Å². The van der Waals surface area contributed by atoms with Gasteiger partial charge >= 0.3 is 0 Å². The minimum Gasteiger partial charge on any atom is -0.493 e. The van der Waals surface area contributed by atoms with Gasteiger partial charge in [-0.3, -0.25) is 0 Å². The Kier molecular flexibility index (Phi) is 12.3. The highest BCUT2D eigenvalue weighted by Gasteiger charge is 2.15. The van der Waals surface area contributed by atoms with Gasteiger partial charge in [0.2, 0.25) is 0 Å². The van der Waals surface area contributed by atoms with Crippen molar-refractivity contribution < 1.29 is 18.9 Å². The molecule has 0 aliphatic carbocycles. The third-order valence-corrected chi connectivity index (χ3v) is 8.08. The first-order valence-electron chi connectivity index (χ1n) is 16.8. The molecule has 250 valence electrons. The lowest BCUT2D eigenvalue weighted by molar-refractivity contribution is 0.298. The molecule has 0 amide bonds. The molecular weight excluding hydrogens is 590 g/mol. The van der Waals surface area contributed by atoms with Crippen LogP contribution in [0.5, 0.6) is 23.0 Å². The second-order valence-electron chi connectivity index (χ2n) is 11.6. The summed E-state index contributed by atoms with van der Waals surface area (Å²) in [6.07, 6.45) is 3.12. The van der Waals surface area contributed by atoms with Gasteiger partial charge < -0.3 is 46.4 Å². The summed E-state index contributed by atoms with van der Waals surface area (Å²) >= 11 is 0. The number of aryl methyl sites for hydroxylation is 1. The average molecular weight is 640 g/mol. The van der Waals surface area contributed by atoms with Crippen molar-refractivity contribution in [2.45, 2.75) is 39.2 Å². The summed E-state index contributed by atoms with van der Waals surface area (Å²) in [6.45, 7) is 7.54. The smallest absolute Gasteiger partial charge is 0.123 e. The van der Waals surface area contributed by atoms with E-state index >= 15 is 0 Å². The van der Waals surface area contributed by atoms with Crippen molar-refractivity contribution in [3.63, 3.8) is 0 Å². The number of aromatic nitrogens is 1. The maximum Gasteiger partial charge on any atom is 0.123 e. The first kappa shape index (κ1) is 34.1. The molecule has 4 aromatic carbocycles. The molecule has 0 unspecified atom stereocenters. The summed E-state index contributed by atoms with van der Waals surface area (Å²) in [5, 5.41) is 2.35. The van der Waals surface area contributed by atoms with Crippen LogP contribution in [0.3, 0.4) is 0 Å². The highest BCUT2D eigenvalue weighted by atomic mass is 16.5. The SMILES string of the molecule is CCn1c2ccc(-c3cc(OCCCN)cc(OCCCN)c3)cc2c2cc(-c3cc(OCCCN)cc(OCCCN)c3)ccc21. The largest absolute Gasteiger partial charge is 0.493 e. The minimum absolute atomic E-state index is 0.549. The van der Waals surface area contributed by atoms with E-state index in [4.69, 9.17) is 41.9 Å². The third kappa shape index (κ3) is 8.55. The van der Waals surface area contributed by atoms with Crippen molar-refractivity contribution >= 4 is 21.8 Å². The van der Waals surface area contributed by atoms with Crippen LogP contribution in [-0.2, 0) is 6.54 Å². The van der Waals surface area contributed by atoms with E-state index < -0.39 is 0 Å². The maximum absolute atomic E-state index is 6.06. The van der Waals surface area contributed by atoms with Crippen LogP contribution in [0.1, 0.15) is 32.6 Å². The van der Waals surface area contributed by atoms with Gasteiger partial charge in [-0.2, -0.15) is 0 Å². The van der Waals surface area contributed by atoms with Crippen molar-refractivity contribution in [1.29, 1.82) is 0 Å². The quantitative estimate of drug-likeness (QED) is 0.0798. The highest BCUT2D eigenvalue weighted by molar-refractivity contribution is 6.10. The molecule has 0 radical (unpaired) electrons. The molecule has 1 heterocycles. The number of nitrogens with two attached hydrogens (primary N) is 4. The second kappa shape index (κ2) is 17.0. The summed E-state index contributed by atoms with van der Waals surface area (Å²) in [7, 11) is 0. The number of ether oxygens (including phenoxy) is 4. The van der Waals surface area contributed by atoms with Crippen LogP contribution in [0.2, 0.25) is 0 Å². The molecule has 0 aliphatic heterocycles. The van der Waals surface area contributed by atoms with Gasteiger partial charge in [-0.05, 0) is 130 Å². The van der Waals surface area contributed by atoms with Crippen molar-refractivity contribution in [2.75, 3.05) is 52.6 Å². The summed E-state index contributed by atoms with van der Waals surface area (Å²) in [5.41, 5.74) is 29.4. The topological polar surface area (TPSA) is 146 Å². The third-order valence-electron chi connectivity index (χ3n) is 8.08. The molecule has 5 rings (SSSR count). The molecule has 0 aliphatic rings. The van der Waals surface area contributed by atoms with Crippen LogP contribution >= 0.6 is 0 Å². The molecule has 0 bridgehead atoms. The first-order chi connectivity index (χ1) is 23.1. The molecule has 47 heavy (non-hydrogen) atoms. The zero-order valence-corrected chi connectivity index (χ0v) is 27.5. The molecule has 0 spiro atoms. The number of nitrogens with zero attached hydrogens (tertiary/aromatic N) is 1. The molecule has 1 aromatic heterocycles. The van der Waals surface area contributed by atoms with Crippen LogP contribution in [0.4, 0.5) is 0 Å². The number of hydrogen-bond acceptors (Lipinski definition) is 8. The fourth-order valence-electron chi connectivity index (χ4n) is 5.71. The fraction of sp³-hybridized carbons (Fsp3) is 0.368. The van der Waals surface area contributed by atoms with Crippen molar-refractivity contribution in [3.05, 3.63) is 72.8 Å². The maximum atomic E-state index is 6.06. The standard InChI is InChI=1S/C38H49N5O4/c1-2-43-37-9-7-27(29-19-31(44-15-3-11-39)25-32(20-29)45-16-4-12-40)23-35(37)36-24-28(8-10-38(36)43)30-21-33(46-17-5-13-41)26-34(22-30)47-18-6-14-42/h7-10,19-26H,2-6,11-18,39-42H2,1H3. The van der Waals surface area contributed by atoms with Gasteiger partial charge in [0.1, 0.15) is 23.0 Å². The van der Waals surface area contributed by atoms with Gasteiger partial charge in [-0.15, -0.1) is 0 Å². The molecule has 5 aromatic rings. The molecule has 9 nitrogen and oxygen atoms in total. The first-order valence-corrected chi connectivity index (χ1v) is 16.8. The molecule has 0 fully saturated rings. The Bertz CT molecular complexity index is 1570. The van der Waals surface area contributed by atoms with Gasteiger partial charge in [0.05, 0.1) is 26.4 Å². The molecule has 0 saturated carbocycles. The summed E-state index contributed by atoms with van der Waals surface area (Å²) in [4.78, 5) is 0. The van der Waals surface area contributed by atoms with E-state index in [1.54, 1.807) is 0 Å². The van der Waals surface area contributed by atoms with Crippen molar-refractivity contribution in [2.24, 2.45) is 22.9 Å². The predicted octanol–water partition coefficient (Wildman–Crippen LogP) is 6.06. The minimum atomic E-state index is 0.549. The molecular formula is C38H49N5O4. The van der Waals surface area contributed by atoms with E-state index in [1.165, 1.54) is 21.8 Å². The van der Waals surface area contributed by atoms with E-state index in [0.29, 0.717) is 52.6 Å². The normalized spacial score (nSPS) is 11.3. The summed E-state index contributed by atoms with van der Waals surface area (Å²) < 4.78 is 26.6. The molecule has 0 atom stereocenters. The van der Waals surface area contributed by atoms with Crippen LogP contribution < -0.4 is 41.9 Å². The van der Waals surface area contributed by atoms with Gasteiger partial charge in [0.15, 0.2) is 0 Å². The Morgan fingerprint density at radius 1 is 0.447 bits per heavy atom. The van der Waals surface area contributed by atoms with Gasteiger partial charge in [-0.1, -0.05) is 12.1 Å². The molecule has 9 heteroatoms. The van der Waals surface area contributed by atoms with Gasteiger partial charge in [0.25, 0.3) is 0 Å². The number of fused-ring (bicyclic) bond motifs is 3. The Morgan fingerprint density at radius 3 is 1.09 bits per heavy atom. The van der Waals surface area contributed by atoms with E-state index in [0.717, 1.165) is 77.5 Å². The number of rotatable bonds is 19. The Hall–Kier alpha value is -4.28. The van der Waals surface area contributed by atoms with E-state index in [1.807, 2.05) is 12.1 Å². The predicted molar refractivity (Wildman–Crippen MR) is 193 cm³/mol. The van der Waals surface area contributed by atoms with Crippen LogP contribution in [-0.4, -0.2) is 57.2 Å². The van der Waals surface area contributed by atoms with E-state index in [2.05, 4.69) is 72.2 Å². The Labute approximate surface area is 277 Å². The molecule has 0 saturated heterocycles. The van der Waals surface area contributed by atoms with Gasteiger partial charge in [-0.25, -0.2) is 0 Å². The highest BCUT2D eigenvalue weighted by Crippen LogP contribution is 2.38. The summed E-state index contributed by atoms with van der Waals surface area (Å²) in [5.74, 6) is 3.04. The lowest BCUT2D eigenvalue weighted by atomic mass is 9.99. The van der Waals surface area contributed by atoms with Crippen LogP contribution in [0, 0.1) is 0 Å². The van der Waals surface area contributed by atoms with Crippen molar-refractivity contribution in [3.8, 4) is 45.3 Å². The Morgan fingerprint density at radius 2 is 0.787 bits per heavy atom. The Balaban J connectivity index is 1.57. The average Bonchev–Trinajstić information content (AvgIpc) is 3.41. The van der Waals surface area contributed by atoms with Gasteiger partial charge in [0, 0.05) is 40.5 Å². The lowest BCUT2D eigenvalue weighted by Crippen LogP contribution is -2.07. The fourth-order valence-corrected chi connectivity index (χ4v) is 5.71. The molecule has 8 N–H and O–H groups in total. The van der Waals surface area contributed by atoms with E-state index in [9.17, 15) is 0 Å². The second-order valence-corrected chi connectivity index (χ2v) is 11.6. The van der Waals surface area contributed by atoms with E-state index in [-0.39, 0.29) is 0 Å². The monoisotopic (exact) mass is 639 g/mol.